The molecular formula is C27H51B6N8O6. The number of hydrogen-bond donors (Lipinski definition) is 7. The molecule has 0 amide bonds. The summed E-state index contributed by atoms with van der Waals surface area (Å²) in [5.74, 6) is 1.42. The van der Waals surface area contributed by atoms with E-state index in [-0.39, 0.29) is 0 Å². The summed E-state index contributed by atoms with van der Waals surface area (Å²) < 4.78 is 0. The van der Waals surface area contributed by atoms with Crippen molar-refractivity contribution in [3.8, 4) is 0 Å². The maximum atomic E-state index is 10.8. The summed E-state index contributed by atoms with van der Waals surface area (Å²) in [4.78, 5) is 28.8. The minimum absolute atomic E-state index is 0.291. The summed E-state index contributed by atoms with van der Waals surface area (Å²) in [6, 6.07) is 7.80. The van der Waals surface area contributed by atoms with Gasteiger partial charge in [0.2, 0.25) is 0 Å². The van der Waals surface area contributed by atoms with E-state index in [2.05, 4.69) is 25.3 Å². The Labute approximate surface area is 283 Å². The zero-order valence-corrected chi connectivity index (χ0v) is 28.7. The van der Waals surface area contributed by atoms with Gasteiger partial charge >= 0.3 is 42.7 Å². The highest BCUT2D eigenvalue weighted by atomic mass is 16.2. The normalized spacial score (nSPS) is 13.4. The van der Waals surface area contributed by atoms with E-state index < -0.39 is 35.3 Å². The number of carbonyl (C=O) groups excluding carboxylic acids is 1. The number of amidine groups is 1. The Hall–Kier alpha value is -2.91. The van der Waals surface area contributed by atoms with E-state index in [0.29, 0.717) is 44.3 Å². The van der Waals surface area contributed by atoms with E-state index in [1.807, 2.05) is 29.1 Å². The second-order valence-electron chi connectivity index (χ2n) is 11.9. The number of hydrogen-bond acceptors (Lipinski definition) is 10. The Kier molecular flexibility index (Phi) is 18.7. The molecule has 14 nitrogen and oxygen atoms in total. The third-order valence-corrected chi connectivity index (χ3v) is 7.55. The van der Waals surface area contributed by atoms with E-state index in [1.165, 1.54) is 0 Å². The molecule has 20 heteroatoms. The Morgan fingerprint density at radius 3 is 2.17 bits per heavy atom. The molecule has 253 valence electrons. The second-order valence-corrected chi connectivity index (χ2v) is 11.9. The zero-order valence-electron chi connectivity index (χ0n) is 28.7. The SMILES string of the molecule is CB(O)N=C(N(CCCCCCCCNC(=N[B]C=O)NB(C)O)B(C)O)N(Cc1ccc(C2=NCCCN2B(C)O)cc1)B(C)O. The van der Waals surface area contributed by atoms with Crippen LogP contribution in [-0.2, 0) is 11.3 Å². The number of rotatable bonds is 19. The summed E-state index contributed by atoms with van der Waals surface area (Å²) in [6.45, 7) is 11.0. The van der Waals surface area contributed by atoms with E-state index in [4.69, 9.17) is 0 Å². The molecule has 1 aromatic rings. The molecule has 0 aliphatic carbocycles. The van der Waals surface area contributed by atoms with Crippen molar-refractivity contribution in [3.63, 3.8) is 0 Å². The Morgan fingerprint density at radius 1 is 0.957 bits per heavy atom. The molecule has 1 aromatic carbocycles. The van der Waals surface area contributed by atoms with Gasteiger partial charge in [-0.1, -0.05) is 49.9 Å². The molecule has 0 saturated carbocycles. The van der Waals surface area contributed by atoms with Crippen LogP contribution in [0.2, 0.25) is 34.1 Å². The van der Waals surface area contributed by atoms with Crippen molar-refractivity contribution in [2.75, 3.05) is 26.2 Å². The molecule has 1 aliphatic heterocycles. The van der Waals surface area contributed by atoms with Gasteiger partial charge in [-0.05, 0) is 58.9 Å². The van der Waals surface area contributed by atoms with Gasteiger partial charge in [-0.2, -0.15) is 0 Å². The number of guanidine groups is 2. The molecule has 1 aliphatic rings. The molecule has 7 N–H and O–H groups in total. The predicted octanol–water partition coefficient (Wildman–Crippen LogP) is -0.164. The molecule has 0 atom stereocenters. The van der Waals surface area contributed by atoms with Crippen LogP contribution in [0.1, 0.15) is 56.1 Å². The van der Waals surface area contributed by atoms with Crippen LogP contribution in [0.15, 0.2) is 39.1 Å². The minimum Gasteiger partial charge on any atom is -0.433 e. The quantitative estimate of drug-likeness (QED) is 0.0347. The van der Waals surface area contributed by atoms with Gasteiger partial charge in [-0.25, -0.2) is 0 Å². The fraction of sp³-hybridized carbons (Fsp3) is 0.630. The molecular weight excluding hydrogens is 597 g/mol. The number of nitrogens with one attached hydrogen (secondary N) is 2. The highest BCUT2D eigenvalue weighted by Gasteiger charge is 2.30. The molecule has 47 heavy (non-hydrogen) atoms. The van der Waals surface area contributed by atoms with Gasteiger partial charge in [-0.15, -0.1) is 0 Å². The summed E-state index contributed by atoms with van der Waals surface area (Å²) in [5, 5.41) is 57.3. The standard InChI is InChI=1S/C27H51B6N8O6/c1-29(43)37-26(36-28-22-42)35-17-10-8-6-7-9-11-19-40(32(4)46)27(38-30(2)44)41(33(5)47)21-23-13-15-24(16-14-23)25-34-18-12-20-39(25)31(3)45/h13-16,22,43-47H,6-12,17-21H2,1-5H3,(H2,35,36,37). The monoisotopic (exact) mass is 649 g/mol. The van der Waals surface area contributed by atoms with Crippen molar-refractivity contribution in [2.45, 2.75) is 85.6 Å². The van der Waals surface area contributed by atoms with Gasteiger partial charge in [0.05, 0.1) is 0 Å². The number of benzene rings is 1. The van der Waals surface area contributed by atoms with Crippen LogP contribution in [0.4, 0.5) is 0 Å². The van der Waals surface area contributed by atoms with Gasteiger partial charge in [0.15, 0.2) is 11.9 Å². The molecule has 2 rings (SSSR count). The van der Waals surface area contributed by atoms with E-state index in [1.54, 1.807) is 43.7 Å². The summed E-state index contributed by atoms with van der Waals surface area (Å²) in [7, 11) is -3.21. The lowest BCUT2D eigenvalue weighted by Crippen LogP contribution is -2.55. The Bertz CT molecular complexity index is 1150. The molecule has 0 spiro atoms. The lowest BCUT2D eigenvalue weighted by molar-refractivity contribution is 0.395. The van der Waals surface area contributed by atoms with E-state index in [0.717, 1.165) is 75.9 Å². The van der Waals surface area contributed by atoms with Gasteiger partial charge in [-0.3, -0.25) is 9.90 Å². The highest BCUT2D eigenvalue weighted by molar-refractivity contribution is 6.66. The van der Waals surface area contributed by atoms with Crippen molar-refractivity contribution in [1.29, 1.82) is 0 Å². The second kappa shape index (κ2) is 21.9. The molecule has 1 radical (unpaired) electrons. The number of carbonyl (C=O) groups is 1. The maximum absolute atomic E-state index is 10.8. The first-order chi connectivity index (χ1) is 22.4. The molecule has 0 unspecified atom stereocenters. The summed E-state index contributed by atoms with van der Waals surface area (Å²) in [5.41, 5.74) is 1.80. The largest absolute Gasteiger partial charge is 0.433 e. The Morgan fingerprint density at radius 2 is 1.60 bits per heavy atom. The lowest BCUT2D eigenvalue weighted by atomic mass is 9.80. The van der Waals surface area contributed by atoms with Crippen LogP contribution >= 0.6 is 0 Å². The lowest BCUT2D eigenvalue weighted by Gasteiger charge is -2.37. The van der Waals surface area contributed by atoms with Crippen molar-refractivity contribution < 1.29 is 29.9 Å². The molecule has 0 aromatic heterocycles. The molecule has 0 fully saturated rings. The summed E-state index contributed by atoms with van der Waals surface area (Å²) >= 11 is 0. The minimum atomic E-state index is -1.04. The first-order valence-electron chi connectivity index (χ1n) is 16.7. The first-order valence-corrected chi connectivity index (χ1v) is 16.7. The highest BCUT2D eigenvalue weighted by Crippen LogP contribution is 2.17. The number of unbranched alkanes of at least 4 members (excludes halogenated alkanes) is 5. The van der Waals surface area contributed by atoms with Crippen molar-refractivity contribution in [2.24, 2.45) is 14.8 Å². The fourth-order valence-corrected chi connectivity index (χ4v) is 5.26. The average molecular weight is 649 g/mol. The van der Waals surface area contributed by atoms with Crippen LogP contribution < -0.4 is 10.5 Å². The number of aliphatic imine (C=N–C) groups is 1. The maximum Gasteiger partial charge on any atom is 0.431 e. The zero-order chi connectivity index (χ0) is 34.8. The third-order valence-electron chi connectivity index (χ3n) is 7.55. The average Bonchev–Trinajstić information content (AvgIpc) is 3.02. The van der Waals surface area contributed by atoms with Crippen molar-refractivity contribution in [1.82, 2.24) is 25.0 Å². The van der Waals surface area contributed by atoms with Crippen LogP contribution in [0.5, 0.6) is 0 Å². The molecule has 1 heterocycles. The number of nitrogens with zero attached hydrogens (tertiary/aromatic N) is 6. The first kappa shape index (κ1) is 40.3. The topological polar surface area (TPSA) is 189 Å². The smallest absolute Gasteiger partial charge is 0.431 e. The molecule has 0 saturated heterocycles. The van der Waals surface area contributed by atoms with Crippen LogP contribution in [-0.4, -0.2) is 132 Å². The van der Waals surface area contributed by atoms with Crippen molar-refractivity contribution >= 4 is 66.6 Å². The predicted molar refractivity (Wildman–Crippen MR) is 197 cm³/mol. The van der Waals surface area contributed by atoms with E-state index >= 15 is 0 Å². The fourth-order valence-electron chi connectivity index (χ4n) is 5.26. The third kappa shape index (κ3) is 14.8. The van der Waals surface area contributed by atoms with Crippen LogP contribution in [0.25, 0.3) is 0 Å². The van der Waals surface area contributed by atoms with Crippen molar-refractivity contribution in [3.05, 3.63) is 35.4 Å². The molecule has 0 bridgehead atoms. The summed E-state index contributed by atoms with van der Waals surface area (Å²) in [6.07, 6.45) is 7.06. The van der Waals surface area contributed by atoms with Crippen LogP contribution in [0, 0.1) is 0 Å². The van der Waals surface area contributed by atoms with Crippen LogP contribution in [0.3, 0.4) is 0 Å². The van der Waals surface area contributed by atoms with E-state index in [9.17, 15) is 29.9 Å². The van der Waals surface area contributed by atoms with Gasteiger partial charge in [0.1, 0.15) is 12.0 Å². The van der Waals surface area contributed by atoms with Gasteiger partial charge in [0.25, 0.3) is 0 Å². The van der Waals surface area contributed by atoms with Gasteiger partial charge < -0.3 is 59.8 Å². The van der Waals surface area contributed by atoms with Gasteiger partial charge in [0, 0.05) is 38.3 Å². The Balaban J connectivity index is 1.97.